The van der Waals surface area contributed by atoms with Gasteiger partial charge in [0.1, 0.15) is 6.17 Å². The van der Waals surface area contributed by atoms with Crippen molar-refractivity contribution in [2.75, 3.05) is 13.1 Å². The van der Waals surface area contributed by atoms with Gasteiger partial charge < -0.3 is 10.1 Å². The van der Waals surface area contributed by atoms with Gasteiger partial charge >= 0.3 is 0 Å². The molecule has 0 unspecified atom stereocenters. The Morgan fingerprint density at radius 2 is 1.80 bits per heavy atom. The number of nitrogens with one attached hydrogen (secondary N) is 1. The van der Waals surface area contributed by atoms with Gasteiger partial charge in [0.25, 0.3) is 5.91 Å². The van der Waals surface area contributed by atoms with E-state index in [0.29, 0.717) is 23.5 Å². The maximum atomic E-state index is 13.1. The smallest absolute Gasteiger partial charge is 0.262 e. The SMILES string of the molecule is C[C@@H]1CN([C@H](NC(=O)c2cccs2)C(=O)c2ccccc2)C[C@H](C)O1. The zero-order chi connectivity index (χ0) is 17.8. The Morgan fingerprint density at radius 1 is 1.12 bits per heavy atom. The largest absolute Gasteiger partial charge is 0.373 e. The lowest BCUT2D eigenvalue weighted by atomic mass is 10.1. The van der Waals surface area contributed by atoms with Crippen LogP contribution in [-0.4, -0.2) is 48.1 Å². The number of nitrogens with zero attached hydrogens (tertiary/aromatic N) is 1. The molecule has 3 atom stereocenters. The summed E-state index contributed by atoms with van der Waals surface area (Å²) in [6.07, 6.45) is -0.687. The highest BCUT2D eigenvalue weighted by atomic mass is 32.1. The van der Waals surface area contributed by atoms with Crippen molar-refractivity contribution >= 4 is 23.0 Å². The molecule has 6 heteroatoms. The molecule has 132 valence electrons. The van der Waals surface area contributed by atoms with Crippen LogP contribution in [-0.2, 0) is 4.74 Å². The Hall–Kier alpha value is -2.02. The molecule has 2 heterocycles. The summed E-state index contributed by atoms with van der Waals surface area (Å²) in [5, 5.41) is 4.77. The van der Waals surface area contributed by atoms with Crippen molar-refractivity contribution in [3.05, 3.63) is 58.3 Å². The first-order chi connectivity index (χ1) is 12.0. The van der Waals surface area contributed by atoms with E-state index < -0.39 is 6.17 Å². The van der Waals surface area contributed by atoms with Crippen molar-refractivity contribution in [1.29, 1.82) is 0 Å². The second-order valence-electron chi connectivity index (χ2n) is 6.29. The summed E-state index contributed by atoms with van der Waals surface area (Å²) in [5.41, 5.74) is 0.589. The van der Waals surface area contributed by atoms with E-state index in [1.165, 1.54) is 11.3 Å². The van der Waals surface area contributed by atoms with Crippen LogP contribution in [0.4, 0.5) is 0 Å². The number of benzene rings is 1. The Morgan fingerprint density at radius 3 is 2.40 bits per heavy atom. The molecule has 25 heavy (non-hydrogen) atoms. The molecule has 1 N–H and O–H groups in total. The van der Waals surface area contributed by atoms with Gasteiger partial charge in [-0.05, 0) is 25.3 Å². The van der Waals surface area contributed by atoms with E-state index in [1.807, 2.05) is 48.4 Å². The zero-order valence-corrected chi connectivity index (χ0v) is 15.2. The topological polar surface area (TPSA) is 58.6 Å². The van der Waals surface area contributed by atoms with E-state index in [9.17, 15) is 9.59 Å². The van der Waals surface area contributed by atoms with E-state index in [0.717, 1.165) is 0 Å². The molecule has 3 rings (SSSR count). The molecule has 1 aromatic carbocycles. The molecule has 5 nitrogen and oxygen atoms in total. The summed E-state index contributed by atoms with van der Waals surface area (Å²) in [6, 6.07) is 12.7. The van der Waals surface area contributed by atoms with Crippen molar-refractivity contribution in [3.63, 3.8) is 0 Å². The van der Waals surface area contributed by atoms with Crippen LogP contribution in [0.5, 0.6) is 0 Å². The van der Waals surface area contributed by atoms with Gasteiger partial charge in [-0.25, -0.2) is 0 Å². The molecule has 1 aliphatic rings. The minimum absolute atomic E-state index is 0.00784. The number of ketones is 1. The summed E-state index contributed by atoms with van der Waals surface area (Å²) >= 11 is 1.36. The second-order valence-corrected chi connectivity index (χ2v) is 7.24. The Bertz CT molecular complexity index is 708. The highest BCUT2D eigenvalue weighted by molar-refractivity contribution is 7.12. The van der Waals surface area contributed by atoms with E-state index in [1.54, 1.807) is 18.2 Å². The fourth-order valence-corrected chi connectivity index (χ4v) is 3.74. The van der Waals surface area contributed by atoms with Crippen LogP contribution >= 0.6 is 11.3 Å². The molecule has 0 aliphatic carbocycles. The van der Waals surface area contributed by atoms with Crippen molar-refractivity contribution < 1.29 is 14.3 Å². The normalized spacial score (nSPS) is 22.3. The lowest BCUT2D eigenvalue weighted by molar-refractivity contribution is -0.0785. The minimum atomic E-state index is -0.703. The van der Waals surface area contributed by atoms with Gasteiger partial charge in [0.15, 0.2) is 5.78 Å². The van der Waals surface area contributed by atoms with Gasteiger partial charge in [0.05, 0.1) is 17.1 Å². The van der Waals surface area contributed by atoms with Gasteiger partial charge in [-0.1, -0.05) is 36.4 Å². The predicted octanol–water partition coefficient (Wildman–Crippen LogP) is 2.80. The lowest BCUT2D eigenvalue weighted by Gasteiger charge is -2.39. The van der Waals surface area contributed by atoms with E-state index in [2.05, 4.69) is 5.32 Å². The molecule has 0 bridgehead atoms. The monoisotopic (exact) mass is 358 g/mol. The first-order valence-electron chi connectivity index (χ1n) is 8.37. The predicted molar refractivity (Wildman–Crippen MR) is 97.9 cm³/mol. The molecule has 2 aromatic rings. The molecule has 0 saturated carbocycles. The maximum Gasteiger partial charge on any atom is 0.262 e. The van der Waals surface area contributed by atoms with Crippen LogP contribution in [0.15, 0.2) is 47.8 Å². The third-order valence-corrected chi connectivity index (χ3v) is 5.00. The molecular formula is C19H22N2O3S. The molecule has 0 radical (unpaired) electrons. The number of hydrogen-bond acceptors (Lipinski definition) is 5. The van der Waals surface area contributed by atoms with Crippen LogP contribution in [0.3, 0.4) is 0 Å². The number of hydrogen-bond donors (Lipinski definition) is 1. The van der Waals surface area contributed by atoms with E-state index >= 15 is 0 Å². The molecular weight excluding hydrogens is 336 g/mol. The van der Waals surface area contributed by atoms with Crippen LogP contribution < -0.4 is 5.32 Å². The highest BCUT2D eigenvalue weighted by Crippen LogP contribution is 2.17. The van der Waals surface area contributed by atoms with Gasteiger partial charge in [-0.2, -0.15) is 0 Å². The maximum absolute atomic E-state index is 13.1. The summed E-state index contributed by atoms with van der Waals surface area (Å²) in [5.74, 6) is -0.331. The van der Waals surface area contributed by atoms with Gasteiger partial charge in [0, 0.05) is 18.7 Å². The molecule has 1 aliphatic heterocycles. The number of Topliss-reactive ketones (excluding diaryl/α,β-unsaturated/α-hetero) is 1. The second kappa shape index (κ2) is 7.91. The average molecular weight is 358 g/mol. The van der Waals surface area contributed by atoms with Gasteiger partial charge in [0.2, 0.25) is 0 Å². The highest BCUT2D eigenvalue weighted by Gasteiger charge is 2.34. The fourth-order valence-electron chi connectivity index (χ4n) is 3.11. The third-order valence-electron chi connectivity index (χ3n) is 4.13. The van der Waals surface area contributed by atoms with Crippen molar-refractivity contribution in [1.82, 2.24) is 10.2 Å². The molecule has 1 fully saturated rings. The number of amides is 1. The van der Waals surface area contributed by atoms with Crippen molar-refractivity contribution in [2.45, 2.75) is 32.2 Å². The molecule has 1 amide bonds. The number of thiophene rings is 1. The zero-order valence-electron chi connectivity index (χ0n) is 14.3. The summed E-state index contributed by atoms with van der Waals surface area (Å²) in [4.78, 5) is 28.2. The third kappa shape index (κ3) is 4.34. The fraction of sp³-hybridized carbons (Fsp3) is 0.368. The van der Waals surface area contributed by atoms with Gasteiger partial charge in [-0.15, -0.1) is 11.3 Å². The van der Waals surface area contributed by atoms with Crippen molar-refractivity contribution in [3.8, 4) is 0 Å². The quantitative estimate of drug-likeness (QED) is 0.835. The Labute approximate surface area is 151 Å². The molecule has 0 spiro atoms. The van der Waals surface area contributed by atoms with Crippen molar-refractivity contribution in [2.24, 2.45) is 0 Å². The standard InChI is InChI=1S/C19H22N2O3S/c1-13-11-21(12-14(2)24-13)18(17(22)15-7-4-3-5-8-15)20-19(23)16-9-6-10-25-16/h3-10,13-14,18H,11-12H2,1-2H3,(H,20,23)/t13-,14+,18-/m0/s1. The summed E-state index contributed by atoms with van der Waals surface area (Å²) in [6.45, 7) is 5.15. The first-order valence-corrected chi connectivity index (χ1v) is 9.25. The van der Waals surface area contributed by atoms with Crippen LogP contribution in [0, 0.1) is 0 Å². The summed E-state index contributed by atoms with van der Waals surface area (Å²) < 4.78 is 5.77. The number of rotatable bonds is 5. The Balaban J connectivity index is 1.85. The lowest BCUT2D eigenvalue weighted by Crippen LogP contribution is -2.59. The minimum Gasteiger partial charge on any atom is -0.373 e. The Kier molecular flexibility index (Phi) is 5.63. The number of ether oxygens (including phenoxy) is 1. The number of morpholine rings is 1. The summed E-state index contributed by atoms with van der Waals surface area (Å²) in [7, 11) is 0. The average Bonchev–Trinajstić information content (AvgIpc) is 3.13. The van der Waals surface area contributed by atoms with E-state index in [-0.39, 0.29) is 23.9 Å². The van der Waals surface area contributed by atoms with Crippen LogP contribution in [0.1, 0.15) is 33.9 Å². The van der Waals surface area contributed by atoms with Crippen LogP contribution in [0.2, 0.25) is 0 Å². The van der Waals surface area contributed by atoms with Gasteiger partial charge in [-0.3, -0.25) is 14.5 Å². The molecule has 1 aromatic heterocycles. The van der Waals surface area contributed by atoms with Crippen LogP contribution in [0.25, 0.3) is 0 Å². The number of carbonyl (C=O) groups is 2. The first kappa shape index (κ1) is 17.8. The number of carbonyl (C=O) groups excluding carboxylic acids is 2. The van der Waals surface area contributed by atoms with E-state index in [4.69, 9.17) is 4.74 Å². The molecule has 1 saturated heterocycles.